The normalized spacial score (nSPS) is 14.6. The van der Waals surface area contributed by atoms with E-state index in [9.17, 15) is 92.3 Å². The van der Waals surface area contributed by atoms with Crippen LogP contribution in [0.3, 0.4) is 0 Å². The molecule has 0 aliphatic rings. The zero-order valence-corrected chi connectivity index (χ0v) is 65.9. The Morgan fingerprint density at radius 3 is 1.10 bits per heavy atom. The second-order valence-electron chi connectivity index (χ2n) is 28.4. The number of rotatable bonds is 54. The number of aliphatic hydroxyl groups is 3. The summed E-state index contributed by atoms with van der Waals surface area (Å²) in [7, 11) is 0. The minimum absolute atomic E-state index is 0. The summed E-state index contributed by atoms with van der Waals surface area (Å²) >= 11 is 0. The molecule has 14 unspecified atom stereocenters. The van der Waals surface area contributed by atoms with E-state index in [1.807, 2.05) is 0 Å². The highest BCUT2D eigenvalue weighted by atomic mass is 16.4. The third kappa shape index (κ3) is 42.0. The largest absolute Gasteiger partial charge is 0.480 e. The van der Waals surface area contributed by atoms with Crippen molar-refractivity contribution in [3.05, 3.63) is 35.9 Å². The van der Waals surface area contributed by atoms with Crippen LogP contribution in [0.2, 0.25) is 0 Å². The second kappa shape index (κ2) is 54.6. The van der Waals surface area contributed by atoms with Gasteiger partial charge in [-0.3, -0.25) is 82.1 Å². The fraction of sp³-hybridized carbons (Fsp3) is 0.662. The quantitative estimate of drug-likeness (QED) is 0.0164. The van der Waals surface area contributed by atoms with Crippen molar-refractivity contribution in [2.24, 2.45) is 78.8 Å². The number of hydrogen-bond acceptors (Lipinski definition) is 22. The summed E-state index contributed by atoms with van der Waals surface area (Å²) in [4.78, 5) is 215. The minimum atomic E-state index is -1.77. The molecule has 0 aliphatic carbocycles. The summed E-state index contributed by atoms with van der Waals surface area (Å²) < 4.78 is 0. The Labute approximate surface area is 664 Å². The SMILES string of the molecule is C.CCC(C)C(NC(=O)C(CCCN=C(N)N)NC(=O)C(CC(C)C)NC(=O)C(CC(C)C)NC(=O)C(CCCN=C(N)N)NC(=O)CNC(=O)C(NC(=O)CNC(=O)CNC(=O)C(NC(=O)C(CC(C)C)NC(=O)C(Cc1ccccc1)NC(=O)C(CCCN=C(N)N)NC(=O)CN)C(C)O)C(C)O)C(=O)NC(CO)C(=O)O. The van der Waals surface area contributed by atoms with Gasteiger partial charge in [-0.1, -0.05) is 99.6 Å². The third-order valence-corrected chi connectivity index (χ3v) is 16.9. The fourth-order valence-electron chi connectivity index (χ4n) is 10.8. The minimum Gasteiger partial charge on any atom is -0.480 e. The number of aliphatic carboxylic acids is 1. The zero-order valence-electron chi connectivity index (χ0n) is 65.9. The predicted molar refractivity (Wildman–Crippen MR) is 422 cm³/mol. The van der Waals surface area contributed by atoms with E-state index in [-0.39, 0.29) is 127 Å². The summed E-state index contributed by atoms with van der Waals surface area (Å²) in [6.45, 7) is 12.1. The molecule has 1 aromatic rings. The smallest absolute Gasteiger partial charge is 0.328 e. The maximum Gasteiger partial charge on any atom is 0.328 e. The molecular formula is C71H126N24O19. The van der Waals surface area contributed by atoms with E-state index in [4.69, 9.17) is 40.1 Å². The van der Waals surface area contributed by atoms with E-state index in [0.29, 0.717) is 12.0 Å². The van der Waals surface area contributed by atoms with Gasteiger partial charge in [0.2, 0.25) is 82.7 Å². The molecule has 0 heterocycles. The molecule has 0 saturated carbocycles. The summed E-state index contributed by atoms with van der Waals surface area (Å²) in [5, 5.41) is 74.7. The lowest BCUT2D eigenvalue weighted by molar-refractivity contribution is -0.143. The first kappa shape index (κ1) is 103. The highest BCUT2D eigenvalue weighted by Gasteiger charge is 2.38. The van der Waals surface area contributed by atoms with Crippen molar-refractivity contribution in [2.45, 2.75) is 226 Å². The van der Waals surface area contributed by atoms with Crippen LogP contribution in [0, 0.1) is 23.7 Å². The zero-order chi connectivity index (χ0) is 85.8. The number of carbonyl (C=O) groups excluding carboxylic acids is 14. The number of benzene rings is 1. The number of nitrogens with two attached hydrogens (primary N) is 7. The topological polar surface area (TPSA) is 725 Å². The molecule has 1 aromatic carbocycles. The van der Waals surface area contributed by atoms with Gasteiger partial charge in [0.25, 0.3) is 0 Å². The first-order chi connectivity index (χ1) is 53.0. The molecule has 114 heavy (non-hydrogen) atoms. The van der Waals surface area contributed by atoms with Crippen LogP contribution in [0.1, 0.15) is 146 Å². The lowest BCUT2D eigenvalue weighted by atomic mass is 9.97. The molecule has 43 heteroatoms. The van der Waals surface area contributed by atoms with Crippen molar-refractivity contribution in [1.82, 2.24) is 74.4 Å². The maximum absolute atomic E-state index is 14.4. The Balaban J connectivity index is 0.000128. The number of hydrogen-bond donors (Lipinski definition) is 25. The molecule has 0 aromatic heterocycles. The van der Waals surface area contributed by atoms with Gasteiger partial charge in [-0.2, -0.15) is 0 Å². The lowest BCUT2D eigenvalue weighted by Gasteiger charge is -2.29. The average Bonchev–Trinajstić information content (AvgIpc) is 0.855. The summed E-state index contributed by atoms with van der Waals surface area (Å²) in [6, 6.07) is -7.58. The molecule has 0 spiro atoms. The maximum atomic E-state index is 14.4. The molecule has 644 valence electrons. The van der Waals surface area contributed by atoms with Crippen LogP contribution in [-0.2, 0) is 78.3 Å². The Hall–Kier alpha value is -11.1. The number of guanidine groups is 3. The molecule has 32 N–H and O–H groups in total. The fourth-order valence-corrected chi connectivity index (χ4v) is 10.8. The summed E-state index contributed by atoms with van der Waals surface area (Å²) in [6.07, 6.45) is -2.93. The van der Waals surface area contributed by atoms with Gasteiger partial charge in [0.05, 0.1) is 45.0 Å². The molecule has 0 bridgehead atoms. The number of aliphatic imine (C=N–C) groups is 3. The molecule has 0 fully saturated rings. The van der Waals surface area contributed by atoms with E-state index in [0.717, 1.165) is 13.8 Å². The number of carboxylic acids is 1. The van der Waals surface area contributed by atoms with Crippen molar-refractivity contribution in [3.8, 4) is 0 Å². The molecule has 0 radical (unpaired) electrons. The Morgan fingerprint density at radius 2 is 0.711 bits per heavy atom. The lowest BCUT2D eigenvalue weighted by Crippen LogP contribution is -2.60. The van der Waals surface area contributed by atoms with Gasteiger partial charge >= 0.3 is 5.97 Å². The van der Waals surface area contributed by atoms with Crippen LogP contribution in [0.25, 0.3) is 0 Å². The molecule has 0 aliphatic heterocycles. The second-order valence-corrected chi connectivity index (χ2v) is 28.4. The first-order valence-corrected chi connectivity index (χ1v) is 37.3. The Morgan fingerprint density at radius 1 is 0.386 bits per heavy atom. The van der Waals surface area contributed by atoms with Crippen LogP contribution in [-0.4, -0.2) is 258 Å². The number of nitrogens with one attached hydrogen (secondary N) is 14. The van der Waals surface area contributed by atoms with Crippen LogP contribution in [0.4, 0.5) is 0 Å². The third-order valence-electron chi connectivity index (χ3n) is 16.9. The molecular weight excluding hydrogens is 1490 g/mol. The monoisotopic (exact) mass is 1620 g/mol. The number of aliphatic hydroxyl groups excluding tert-OH is 3. The van der Waals surface area contributed by atoms with Gasteiger partial charge < -0.3 is 135 Å². The van der Waals surface area contributed by atoms with Crippen LogP contribution >= 0.6 is 0 Å². The van der Waals surface area contributed by atoms with Crippen LogP contribution in [0.5, 0.6) is 0 Å². The summed E-state index contributed by atoms with van der Waals surface area (Å²) in [5.74, 6) is -16.6. The van der Waals surface area contributed by atoms with E-state index in [1.165, 1.54) is 0 Å². The highest BCUT2D eigenvalue weighted by molar-refractivity contribution is 6.00. The van der Waals surface area contributed by atoms with Crippen molar-refractivity contribution >= 4 is 107 Å². The van der Waals surface area contributed by atoms with Gasteiger partial charge in [-0.25, -0.2) is 4.79 Å². The van der Waals surface area contributed by atoms with Gasteiger partial charge in [-0.15, -0.1) is 0 Å². The van der Waals surface area contributed by atoms with Gasteiger partial charge in [0.15, 0.2) is 17.9 Å². The molecule has 14 atom stereocenters. The van der Waals surface area contributed by atoms with Crippen molar-refractivity contribution in [3.63, 3.8) is 0 Å². The standard InChI is InChI=1S/C70H122N24O19.CH4/c1-11-38(8)54(66(111)91-49(34-95)67(112)113)93-59(104)44(22-17-25-80-70(76)77)86-60(105)45(26-35(2)3)88-61(106)46(27-36(4)5)87-58(103)43(21-16-24-79-69(74)75)85-52(100)33-83-64(109)55(39(9)96)92-53(101)32-81-51(99)31-82-65(110)56(40(10)97)94-63(108)47(28-37(6)7)89-62(107)48(29-41-18-13-12-14-19-41)90-57(102)42(84-50(98)30-71)20-15-23-78-68(72)73;/h12-14,18-19,35-40,42-49,54-56,95-97H,11,15-17,20-34,71H2,1-10H3,(H,81,99)(H,82,110)(H,83,109)(H,84,98)(H,85,100)(H,86,105)(H,87,103)(H,88,106)(H,89,107)(H,90,102)(H,91,111)(H,92,101)(H,93,104)(H,94,108)(H,112,113)(H4,72,73,78)(H4,74,75,79)(H4,76,77,80);1H4. The number of nitrogens with zero attached hydrogens (tertiary/aromatic N) is 3. The Bertz CT molecular complexity index is 3390. The first-order valence-electron chi connectivity index (χ1n) is 37.3. The number of carbonyl (C=O) groups is 15. The van der Waals surface area contributed by atoms with Crippen molar-refractivity contribution in [1.29, 1.82) is 0 Å². The Kier molecular flexibility index (Phi) is 49.3. The molecule has 0 saturated heterocycles. The van der Waals surface area contributed by atoms with Crippen molar-refractivity contribution in [2.75, 3.05) is 52.4 Å². The van der Waals surface area contributed by atoms with E-state index < -0.39 is 206 Å². The number of carboxylic acid groups (broad SMARTS) is 1. The predicted octanol–water partition coefficient (Wildman–Crippen LogP) is -8.31. The number of amides is 14. The van der Waals surface area contributed by atoms with Crippen molar-refractivity contribution < 1.29 is 92.3 Å². The van der Waals surface area contributed by atoms with E-state index in [1.54, 1.807) is 85.7 Å². The van der Waals surface area contributed by atoms with Gasteiger partial charge in [0.1, 0.15) is 66.5 Å². The average molecular weight is 1620 g/mol. The van der Waals surface area contributed by atoms with Crippen LogP contribution < -0.4 is 115 Å². The van der Waals surface area contributed by atoms with E-state index in [2.05, 4.69) is 89.4 Å². The molecule has 43 nitrogen and oxygen atoms in total. The summed E-state index contributed by atoms with van der Waals surface area (Å²) in [5.41, 5.74) is 39.0. The highest BCUT2D eigenvalue weighted by Crippen LogP contribution is 2.16. The van der Waals surface area contributed by atoms with E-state index >= 15 is 0 Å². The molecule has 14 amide bonds. The van der Waals surface area contributed by atoms with Crippen LogP contribution in [0.15, 0.2) is 45.3 Å². The van der Waals surface area contributed by atoms with Gasteiger partial charge in [-0.05, 0) is 101 Å². The molecule has 1 rings (SSSR count). The van der Waals surface area contributed by atoms with Gasteiger partial charge in [0, 0.05) is 26.1 Å².